The molecule has 0 saturated carbocycles. The zero-order valence-corrected chi connectivity index (χ0v) is 31.2. The summed E-state index contributed by atoms with van der Waals surface area (Å²) in [6.45, 7) is 4.26. The lowest BCUT2D eigenvalue weighted by Crippen LogP contribution is -2.60. The molecule has 5 amide bonds. The first kappa shape index (κ1) is 42.5. The third-order valence-electron chi connectivity index (χ3n) is 8.44. The number of aliphatic carboxylic acids is 1. The normalized spacial score (nSPS) is 14.6. The number of carbonyl (C=O) groups excluding carboxylic acids is 5. The number of hydrogen-bond acceptors (Lipinski definition) is 9. The Morgan fingerprint density at radius 1 is 0.717 bits per heavy atom. The molecule has 2 aromatic carbocycles. The van der Waals surface area contributed by atoms with Gasteiger partial charge in [-0.2, -0.15) is 11.8 Å². The first-order valence-corrected chi connectivity index (χ1v) is 18.8. The zero-order valence-electron chi connectivity index (χ0n) is 30.4. The van der Waals surface area contributed by atoms with E-state index in [0.717, 1.165) is 16.5 Å². The summed E-state index contributed by atoms with van der Waals surface area (Å²) in [6.07, 6.45) is 3.93. The van der Waals surface area contributed by atoms with Gasteiger partial charge in [-0.25, -0.2) is 4.79 Å². The predicted molar refractivity (Wildman–Crippen MR) is 203 cm³/mol. The van der Waals surface area contributed by atoms with Crippen LogP contribution in [0.1, 0.15) is 44.7 Å². The first-order valence-electron chi connectivity index (χ1n) is 17.4. The van der Waals surface area contributed by atoms with Gasteiger partial charge in [0.05, 0.1) is 12.6 Å². The Morgan fingerprint density at radius 3 is 1.85 bits per heavy atom. The summed E-state index contributed by atoms with van der Waals surface area (Å²) in [7, 11) is 0. The number of nitrogens with one attached hydrogen (secondary N) is 6. The Hall–Kier alpha value is -4.93. The molecule has 0 aliphatic heterocycles. The molecule has 6 atom stereocenters. The first-order chi connectivity index (χ1) is 25.2. The number of aromatic nitrogens is 1. The van der Waals surface area contributed by atoms with Crippen LogP contribution < -0.4 is 32.3 Å². The van der Waals surface area contributed by atoms with Gasteiger partial charge in [-0.15, -0.1) is 0 Å². The van der Waals surface area contributed by atoms with Crippen molar-refractivity contribution in [1.82, 2.24) is 31.6 Å². The summed E-state index contributed by atoms with van der Waals surface area (Å²) in [5, 5.41) is 33.7. The van der Waals surface area contributed by atoms with Crippen molar-refractivity contribution in [3.63, 3.8) is 0 Å². The Bertz CT molecular complexity index is 1700. The van der Waals surface area contributed by atoms with Gasteiger partial charge in [0, 0.05) is 29.9 Å². The molecule has 1 heterocycles. The van der Waals surface area contributed by atoms with Crippen molar-refractivity contribution < 1.29 is 39.0 Å². The van der Waals surface area contributed by atoms with Crippen molar-refractivity contribution in [3.8, 4) is 0 Å². The van der Waals surface area contributed by atoms with Crippen molar-refractivity contribution >= 4 is 58.2 Å². The number of hydrogen-bond donors (Lipinski definition) is 9. The molecule has 0 saturated heterocycles. The van der Waals surface area contributed by atoms with E-state index in [1.54, 1.807) is 36.5 Å². The molecular formula is C37H51N7O8S. The van der Waals surface area contributed by atoms with Crippen LogP contribution in [0.15, 0.2) is 60.8 Å². The minimum Gasteiger partial charge on any atom is -0.480 e. The average Bonchev–Trinajstić information content (AvgIpc) is 3.53. The number of H-pyrrole nitrogens is 1. The second-order valence-corrected chi connectivity index (χ2v) is 14.3. The number of para-hydroxylation sites is 1. The lowest BCUT2D eigenvalue weighted by atomic mass is 10.0. The average molecular weight is 754 g/mol. The molecule has 288 valence electrons. The van der Waals surface area contributed by atoms with E-state index in [1.165, 1.54) is 18.7 Å². The highest BCUT2D eigenvalue weighted by Crippen LogP contribution is 2.19. The van der Waals surface area contributed by atoms with Crippen LogP contribution in [0.25, 0.3) is 10.9 Å². The summed E-state index contributed by atoms with van der Waals surface area (Å²) in [6, 6.07) is 9.02. The van der Waals surface area contributed by atoms with Gasteiger partial charge in [0.1, 0.15) is 30.2 Å². The van der Waals surface area contributed by atoms with Crippen LogP contribution in [0.2, 0.25) is 0 Å². The van der Waals surface area contributed by atoms with Crippen LogP contribution in [0.3, 0.4) is 0 Å². The van der Waals surface area contributed by atoms with Crippen molar-refractivity contribution in [2.45, 2.75) is 82.7 Å². The SMILES string of the molecule is CSCC[C@H](NC(=O)[C@H](Cc1c[nH]c2ccccc12)NC(=O)[C@H](C)N)C(=O)N[C@@H](CO)C(=O)N[C@@H](Cc1ccccc1)C(=O)N[C@@H](CC(C)C)C(=O)O. The molecule has 0 spiro atoms. The van der Waals surface area contributed by atoms with E-state index in [9.17, 15) is 39.0 Å². The van der Waals surface area contributed by atoms with Gasteiger partial charge in [0.15, 0.2) is 0 Å². The molecule has 1 aromatic heterocycles. The third-order valence-corrected chi connectivity index (χ3v) is 9.09. The molecule has 0 bridgehead atoms. The van der Waals surface area contributed by atoms with Crippen LogP contribution in [-0.4, -0.2) is 106 Å². The number of rotatable bonds is 21. The van der Waals surface area contributed by atoms with Crippen LogP contribution in [0, 0.1) is 5.92 Å². The second-order valence-electron chi connectivity index (χ2n) is 13.3. The van der Waals surface area contributed by atoms with Gasteiger partial charge in [0.2, 0.25) is 29.5 Å². The van der Waals surface area contributed by atoms with Crippen LogP contribution in [0.4, 0.5) is 0 Å². The summed E-state index contributed by atoms with van der Waals surface area (Å²) in [4.78, 5) is 82.0. The third kappa shape index (κ3) is 13.2. The number of carbonyl (C=O) groups is 6. The number of fused-ring (bicyclic) bond motifs is 1. The number of carboxylic acids is 1. The molecule has 0 radical (unpaired) electrons. The number of aliphatic hydroxyl groups is 1. The maximum Gasteiger partial charge on any atom is 0.326 e. The maximum atomic E-state index is 13.7. The Kier molecular flexibility index (Phi) is 16.8. The van der Waals surface area contributed by atoms with Crippen LogP contribution in [-0.2, 0) is 41.6 Å². The van der Waals surface area contributed by atoms with Gasteiger partial charge >= 0.3 is 5.97 Å². The van der Waals surface area contributed by atoms with Gasteiger partial charge in [-0.3, -0.25) is 24.0 Å². The number of thioether (sulfide) groups is 1. The highest BCUT2D eigenvalue weighted by molar-refractivity contribution is 7.98. The fourth-order valence-corrected chi connectivity index (χ4v) is 6.04. The quantitative estimate of drug-likeness (QED) is 0.0734. The minimum absolute atomic E-state index is 0.00408. The highest BCUT2D eigenvalue weighted by atomic mass is 32.2. The van der Waals surface area contributed by atoms with E-state index in [2.05, 4.69) is 31.6 Å². The number of amides is 5. The van der Waals surface area contributed by atoms with E-state index < -0.39 is 78.4 Å². The van der Waals surface area contributed by atoms with E-state index in [0.29, 0.717) is 11.3 Å². The molecule has 16 heteroatoms. The second kappa shape index (κ2) is 20.9. The smallest absolute Gasteiger partial charge is 0.326 e. The number of nitrogens with two attached hydrogens (primary N) is 1. The van der Waals surface area contributed by atoms with Crippen molar-refractivity contribution in [1.29, 1.82) is 0 Å². The highest BCUT2D eigenvalue weighted by Gasteiger charge is 2.33. The molecule has 15 nitrogen and oxygen atoms in total. The van der Waals surface area contributed by atoms with E-state index in [1.807, 2.05) is 44.4 Å². The number of benzene rings is 2. The number of aromatic amines is 1. The molecule has 10 N–H and O–H groups in total. The molecule has 3 aromatic rings. The molecule has 53 heavy (non-hydrogen) atoms. The predicted octanol–water partition coefficient (Wildman–Crippen LogP) is 0.600. The monoisotopic (exact) mass is 753 g/mol. The largest absolute Gasteiger partial charge is 0.480 e. The minimum atomic E-state index is -1.53. The standard InChI is InChI=1S/C37H51N7O8S/c1-21(2)16-30(37(51)52)43-34(48)28(17-23-10-6-5-7-11-23)42-36(50)31(20-45)44-33(47)27(14-15-53-4)40-35(49)29(41-32(46)22(3)38)18-24-19-39-26-13-9-8-12-25(24)26/h5-13,19,21-22,27-31,39,45H,14-18,20,38H2,1-4H3,(H,40,49)(H,41,46)(H,42,50)(H,43,48)(H,44,47)(H,51,52)/t22-,27-,28-,29-,30-,31-/m0/s1. The lowest BCUT2D eigenvalue weighted by Gasteiger charge is -2.26. The van der Waals surface area contributed by atoms with Gasteiger partial charge in [-0.1, -0.05) is 62.4 Å². The zero-order chi connectivity index (χ0) is 39.1. The topological polar surface area (TPSA) is 245 Å². The summed E-state index contributed by atoms with van der Waals surface area (Å²) in [5.41, 5.74) is 8.05. The van der Waals surface area contributed by atoms with Gasteiger partial charge in [-0.05, 0) is 54.9 Å². The van der Waals surface area contributed by atoms with Gasteiger partial charge < -0.3 is 47.5 Å². The molecule has 0 aliphatic rings. The Morgan fingerprint density at radius 2 is 1.25 bits per heavy atom. The fourth-order valence-electron chi connectivity index (χ4n) is 5.57. The number of aliphatic hydroxyl groups excluding tert-OH is 1. The Labute approximate surface area is 313 Å². The molecular weight excluding hydrogens is 703 g/mol. The van der Waals surface area contributed by atoms with Gasteiger partial charge in [0.25, 0.3) is 0 Å². The molecule has 0 unspecified atom stereocenters. The molecule has 0 aliphatic carbocycles. The van der Waals surface area contributed by atoms with Crippen molar-refractivity contribution in [2.75, 3.05) is 18.6 Å². The molecule has 3 rings (SSSR count). The van der Waals surface area contributed by atoms with Crippen molar-refractivity contribution in [2.24, 2.45) is 11.7 Å². The van der Waals surface area contributed by atoms with Crippen molar-refractivity contribution in [3.05, 3.63) is 71.9 Å². The lowest BCUT2D eigenvalue weighted by molar-refractivity contribution is -0.142. The van der Waals surface area contributed by atoms with E-state index >= 15 is 0 Å². The van der Waals surface area contributed by atoms with E-state index in [-0.39, 0.29) is 31.6 Å². The van der Waals surface area contributed by atoms with Crippen LogP contribution in [0.5, 0.6) is 0 Å². The molecule has 0 fully saturated rings. The summed E-state index contributed by atoms with van der Waals surface area (Å²) in [5.74, 6) is -4.49. The van der Waals surface area contributed by atoms with E-state index in [4.69, 9.17) is 5.73 Å². The fraction of sp³-hybridized carbons (Fsp3) is 0.459. The summed E-state index contributed by atoms with van der Waals surface area (Å²) >= 11 is 1.42. The summed E-state index contributed by atoms with van der Waals surface area (Å²) < 4.78 is 0. The number of carboxylic acid groups (broad SMARTS) is 1. The maximum absolute atomic E-state index is 13.7. The Balaban J connectivity index is 1.79. The van der Waals surface area contributed by atoms with Crippen LogP contribution >= 0.6 is 11.8 Å².